The fourth-order valence-electron chi connectivity index (χ4n) is 5.57. The minimum atomic E-state index is -3.40. The molecule has 5 heteroatoms. The van der Waals surface area contributed by atoms with E-state index in [0.717, 1.165) is 25.7 Å². The number of unbranched alkanes of at least 4 members (excludes halogenated alkanes) is 28. The molecule has 0 amide bonds. The topological polar surface area (TPSA) is 44.8 Å². The second-order valence-electron chi connectivity index (χ2n) is 12.4. The number of rotatable bonds is 36. The van der Waals surface area contributed by atoms with Gasteiger partial charge >= 0.3 is 7.82 Å². The van der Waals surface area contributed by atoms with Crippen LogP contribution < -0.4 is 0 Å². The van der Waals surface area contributed by atoms with Crippen LogP contribution in [0.1, 0.15) is 213 Å². The van der Waals surface area contributed by atoms with Gasteiger partial charge in [-0.15, -0.1) is 0 Å². The van der Waals surface area contributed by atoms with Gasteiger partial charge in [-0.2, -0.15) is 0 Å². The standard InChI is InChI=1S/C36H75O4P/c1-4-7-9-11-13-15-17-19-21-22-24-26-28-30-32-34-36-40-41(37,38-6-3)39-35-33-31-29-27-25-23-20-18-16-14-12-10-8-5-2/h4-36H2,1-3H3. The number of hydrogen-bond acceptors (Lipinski definition) is 4. The van der Waals surface area contributed by atoms with Crippen molar-refractivity contribution < 1.29 is 18.1 Å². The maximum absolute atomic E-state index is 12.8. The lowest BCUT2D eigenvalue weighted by Gasteiger charge is -2.17. The predicted molar refractivity (Wildman–Crippen MR) is 181 cm³/mol. The Morgan fingerprint density at radius 2 is 0.537 bits per heavy atom. The van der Waals surface area contributed by atoms with E-state index in [2.05, 4.69) is 13.8 Å². The van der Waals surface area contributed by atoms with E-state index < -0.39 is 7.82 Å². The van der Waals surface area contributed by atoms with E-state index in [1.165, 1.54) is 167 Å². The van der Waals surface area contributed by atoms with E-state index in [1.807, 2.05) is 6.92 Å². The fraction of sp³-hybridized carbons (Fsp3) is 1.00. The zero-order valence-electron chi connectivity index (χ0n) is 28.4. The lowest BCUT2D eigenvalue weighted by Crippen LogP contribution is -2.03. The summed E-state index contributed by atoms with van der Waals surface area (Å²) in [5.74, 6) is 0. The van der Waals surface area contributed by atoms with Gasteiger partial charge in [-0.05, 0) is 19.8 Å². The van der Waals surface area contributed by atoms with Gasteiger partial charge in [0.2, 0.25) is 0 Å². The van der Waals surface area contributed by atoms with Crippen molar-refractivity contribution in [1.29, 1.82) is 0 Å². The zero-order chi connectivity index (χ0) is 30.0. The van der Waals surface area contributed by atoms with Gasteiger partial charge in [-0.25, -0.2) is 4.57 Å². The first kappa shape index (κ1) is 41.1. The van der Waals surface area contributed by atoms with Crippen molar-refractivity contribution in [3.05, 3.63) is 0 Å². The van der Waals surface area contributed by atoms with Crippen LogP contribution >= 0.6 is 7.82 Å². The molecule has 0 bridgehead atoms. The minimum absolute atomic E-state index is 0.356. The molecule has 248 valence electrons. The lowest BCUT2D eigenvalue weighted by atomic mass is 10.0. The summed E-state index contributed by atoms with van der Waals surface area (Å²) in [6, 6.07) is 0. The smallest absolute Gasteiger partial charge is 0.287 e. The van der Waals surface area contributed by atoms with Crippen LogP contribution in [0.3, 0.4) is 0 Å². The second-order valence-corrected chi connectivity index (χ2v) is 14.1. The molecule has 0 heterocycles. The van der Waals surface area contributed by atoms with Crippen molar-refractivity contribution in [3.8, 4) is 0 Å². The first-order chi connectivity index (χ1) is 20.2. The summed E-state index contributed by atoms with van der Waals surface area (Å²) in [6.45, 7) is 7.71. The number of phosphoric acid groups is 1. The van der Waals surface area contributed by atoms with E-state index in [4.69, 9.17) is 13.6 Å². The van der Waals surface area contributed by atoms with Crippen molar-refractivity contribution >= 4 is 7.82 Å². The molecule has 1 atom stereocenters. The maximum Gasteiger partial charge on any atom is 0.474 e. The van der Waals surface area contributed by atoms with Crippen molar-refractivity contribution in [3.63, 3.8) is 0 Å². The van der Waals surface area contributed by atoms with Crippen LogP contribution in [0.15, 0.2) is 0 Å². The average Bonchev–Trinajstić information content (AvgIpc) is 2.97. The van der Waals surface area contributed by atoms with Gasteiger partial charge in [0.15, 0.2) is 0 Å². The molecule has 4 nitrogen and oxygen atoms in total. The van der Waals surface area contributed by atoms with Crippen LogP contribution in [0.2, 0.25) is 0 Å². The van der Waals surface area contributed by atoms with Crippen LogP contribution in [-0.2, 0) is 18.1 Å². The molecule has 0 saturated heterocycles. The SMILES string of the molecule is CCCCCCCCCCCCCCCCCCOP(=O)(OCC)OCCCCCCCCCCCCCCCC. The Bertz CT molecular complexity index is 528. The second kappa shape index (κ2) is 34.6. The Balaban J connectivity index is 3.49. The first-order valence-corrected chi connectivity index (χ1v) is 20.2. The summed E-state index contributed by atoms with van der Waals surface area (Å²) in [6.07, 6.45) is 40.0. The van der Waals surface area contributed by atoms with Gasteiger partial charge in [0.1, 0.15) is 0 Å². The number of phosphoric ester groups is 1. The fourth-order valence-corrected chi connectivity index (χ4v) is 6.81. The summed E-state index contributed by atoms with van der Waals surface area (Å²) in [5, 5.41) is 0. The highest BCUT2D eigenvalue weighted by Crippen LogP contribution is 2.49. The van der Waals surface area contributed by atoms with Crippen molar-refractivity contribution in [1.82, 2.24) is 0 Å². The Labute approximate surface area is 258 Å². The molecule has 0 aromatic heterocycles. The molecule has 0 aliphatic heterocycles. The highest BCUT2D eigenvalue weighted by molar-refractivity contribution is 7.48. The predicted octanol–water partition coefficient (Wildman–Crippen LogP) is 13.9. The van der Waals surface area contributed by atoms with Gasteiger partial charge < -0.3 is 0 Å². The molecule has 0 aliphatic rings. The minimum Gasteiger partial charge on any atom is -0.287 e. The summed E-state index contributed by atoms with van der Waals surface area (Å²) < 4.78 is 29.5. The van der Waals surface area contributed by atoms with Crippen LogP contribution in [0, 0.1) is 0 Å². The maximum atomic E-state index is 12.8. The molecule has 0 aliphatic carbocycles. The van der Waals surface area contributed by atoms with Crippen LogP contribution in [0.4, 0.5) is 0 Å². The third-order valence-corrected chi connectivity index (χ3v) is 9.85. The van der Waals surface area contributed by atoms with Gasteiger partial charge in [0.05, 0.1) is 19.8 Å². The molecule has 0 spiro atoms. The van der Waals surface area contributed by atoms with Crippen molar-refractivity contribution in [2.45, 2.75) is 213 Å². The normalized spacial score (nSPS) is 13.1. The monoisotopic (exact) mass is 603 g/mol. The zero-order valence-corrected chi connectivity index (χ0v) is 29.3. The number of hydrogen-bond donors (Lipinski definition) is 0. The first-order valence-electron chi connectivity index (χ1n) is 18.7. The molecular formula is C36H75O4P. The van der Waals surface area contributed by atoms with Gasteiger partial charge in [0.25, 0.3) is 0 Å². The molecular weight excluding hydrogens is 527 g/mol. The molecule has 41 heavy (non-hydrogen) atoms. The van der Waals surface area contributed by atoms with E-state index in [0.29, 0.717) is 19.8 Å². The highest BCUT2D eigenvalue weighted by Gasteiger charge is 2.25. The van der Waals surface area contributed by atoms with Gasteiger partial charge in [0, 0.05) is 0 Å². The van der Waals surface area contributed by atoms with Crippen molar-refractivity contribution in [2.24, 2.45) is 0 Å². The van der Waals surface area contributed by atoms with Crippen LogP contribution in [-0.4, -0.2) is 19.8 Å². The summed E-state index contributed by atoms with van der Waals surface area (Å²) in [7, 11) is -3.40. The summed E-state index contributed by atoms with van der Waals surface area (Å²) >= 11 is 0. The molecule has 1 unspecified atom stereocenters. The van der Waals surface area contributed by atoms with E-state index >= 15 is 0 Å². The summed E-state index contributed by atoms with van der Waals surface area (Å²) in [5.41, 5.74) is 0. The summed E-state index contributed by atoms with van der Waals surface area (Å²) in [4.78, 5) is 0. The van der Waals surface area contributed by atoms with E-state index in [-0.39, 0.29) is 0 Å². The Kier molecular flexibility index (Phi) is 34.7. The molecule has 0 N–H and O–H groups in total. The highest BCUT2D eigenvalue weighted by atomic mass is 31.2. The lowest BCUT2D eigenvalue weighted by molar-refractivity contribution is 0.114. The van der Waals surface area contributed by atoms with E-state index in [1.54, 1.807) is 0 Å². The van der Waals surface area contributed by atoms with Crippen LogP contribution in [0.5, 0.6) is 0 Å². The molecule has 0 saturated carbocycles. The largest absolute Gasteiger partial charge is 0.474 e. The molecule has 0 rings (SSSR count). The van der Waals surface area contributed by atoms with Gasteiger partial charge in [-0.3, -0.25) is 13.6 Å². The Hall–Kier alpha value is 0.110. The third kappa shape index (κ3) is 32.9. The van der Waals surface area contributed by atoms with E-state index in [9.17, 15) is 4.57 Å². The van der Waals surface area contributed by atoms with Gasteiger partial charge in [-0.1, -0.05) is 194 Å². The Morgan fingerprint density at radius 1 is 0.317 bits per heavy atom. The van der Waals surface area contributed by atoms with Crippen molar-refractivity contribution in [2.75, 3.05) is 19.8 Å². The molecule has 0 aromatic carbocycles. The quantitative estimate of drug-likeness (QED) is 0.0528. The molecule has 0 radical (unpaired) electrons. The third-order valence-electron chi connectivity index (χ3n) is 8.28. The molecule has 0 aromatic rings. The average molecular weight is 603 g/mol. The Morgan fingerprint density at radius 3 is 0.756 bits per heavy atom. The molecule has 0 fully saturated rings. The van der Waals surface area contributed by atoms with Crippen LogP contribution in [0.25, 0.3) is 0 Å².